The van der Waals surface area contributed by atoms with Crippen molar-refractivity contribution < 1.29 is 27.2 Å². The van der Waals surface area contributed by atoms with Crippen molar-refractivity contribution in [2.24, 2.45) is 0 Å². The normalized spacial score (nSPS) is 14.1. The van der Waals surface area contributed by atoms with Gasteiger partial charge in [0.1, 0.15) is 5.75 Å². The number of fused-ring (bicyclic) bond motifs is 1. The Kier molecular flexibility index (Phi) is 4.58. The second kappa shape index (κ2) is 6.93. The van der Waals surface area contributed by atoms with Gasteiger partial charge in [-0.1, -0.05) is 11.2 Å². The van der Waals surface area contributed by atoms with Gasteiger partial charge in [-0.25, -0.2) is 0 Å². The Morgan fingerprint density at radius 3 is 2.86 bits per heavy atom. The van der Waals surface area contributed by atoms with Crippen LogP contribution in [-0.4, -0.2) is 34.6 Å². The van der Waals surface area contributed by atoms with E-state index in [2.05, 4.69) is 14.7 Å². The van der Waals surface area contributed by atoms with Crippen LogP contribution in [0.1, 0.15) is 26.7 Å². The number of hydrogen-bond acceptors (Lipinski definition) is 6. The molecule has 3 aromatic rings. The Morgan fingerprint density at radius 1 is 1.32 bits per heavy atom. The fourth-order valence-corrected chi connectivity index (χ4v) is 4.08. The van der Waals surface area contributed by atoms with E-state index in [1.165, 1.54) is 18.4 Å². The molecule has 0 saturated carbocycles. The lowest BCUT2D eigenvalue weighted by Gasteiger charge is -2.27. The average Bonchev–Trinajstić information content (AvgIpc) is 3.33. The van der Waals surface area contributed by atoms with Gasteiger partial charge in [0.2, 0.25) is 5.82 Å². The molecule has 1 aliphatic rings. The van der Waals surface area contributed by atoms with Gasteiger partial charge in [-0.2, -0.15) is 18.2 Å². The molecule has 146 valence electrons. The largest absolute Gasteiger partial charge is 0.497 e. The number of carbonyl (C=O) groups excluding carboxylic acids is 1. The summed E-state index contributed by atoms with van der Waals surface area (Å²) in [7, 11) is 1.53. The van der Waals surface area contributed by atoms with Crippen molar-refractivity contribution in [3.63, 3.8) is 0 Å². The average molecular weight is 409 g/mol. The summed E-state index contributed by atoms with van der Waals surface area (Å²) >= 11 is 1.32. The third-order valence-electron chi connectivity index (χ3n) is 4.36. The molecule has 0 unspecified atom stereocenters. The Labute approximate surface area is 161 Å². The van der Waals surface area contributed by atoms with Crippen LogP contribution in [0.25, 0.3) is 10.7 Å². The van der Waals surface area contributed by atoms with Crippen LogP contribution in [0.4, 0.5) is 13.2 Å². The minimum Gasteiger partial charge on any atom is -0.497 e. The Morgan fingerprint density at radius 2 is 2.14 bits per heavy atom. The summed E-state index contributed by atoms with van der Waals surface area (Å²) in [6, 6.07) is 8.62. The molecule has 3 heterocycles. The van der Waals surface area contributed by atoms with Gasteiger partial charge in [0, 0.05) is 23.5 Å². The van der Waals surface area contributed by atoms with E-state index in [0.29, 0.717) is 35.7 Å². The van der Waals surface area contributed by atoms with Gasteiger partial charge in [-0.05, 0) is 36.2 Å². The fourth-order valence-electron chi connectivity index (χ4n) is 2.99. The van der Waals surface area contributed by atoms with Gasteiger partial charge in [0.25, 0.3) is 5.91 Å². The van der Waals surface area contributed by atoms with E-state index < -0.39 is 12.1 Å². The van der Waals surface area contributed by atoms with Crippen LogP contribution in [-0.2, 0) is 19.1 Å². The van der Waals surface area contributed by atoms with E-state index in [4.69, 9.17) is 4.74 Å². The predicted molar refractivity (Wildman–Crippen MR) is 94.1 cm³/mol. The first-order valence-corrected chi connectivity index (χ1v) is 9.13. The van der Waals surface area contributed by atoms with Crippen LogP contribution in [0, 0.1) is 0 Å². The summed E-state index contributed by atoms with van der Waals surface area (Å²) in [5.74, 6) is -1.00. The van der Waals surface area contributed by atoms with Crippen molar-refractivity contribution in [1.29, 1.82) is 0 Å². The smallest absolute Gasteiger partial charge is 0.471 e. The summed E-state index contributed by atoms with van der Waals surface area (Å²) < 4.78 is 47.4. The standard InChI is InChI=1S/C18H14F3N3O3S/c1-26-12-4-2-3-10(7-12)16(25)24-6-5-13-11(9-24)8-14(28-13)15-22-17(27-23-15)18(19,20)21/h2-4,7-8H,5-6,9H2,1H3. The lowest BCUT2D eigenvalue weighted by atomic mass is 10.1. The number of amides is 1. The van der Waals surface area contributed by atoms with Crippen molar-refractivity contribution in [3.8, 4) is 16.5 Å². The molecule has 1 aromatic carbocycles. The molecule has 0 bridgehead atoms. The highest BCUT2D eigenvalue weighted by atomic mass is 32.1. The van der Waals surface area contributed by atoms with Crippen molar-refractivity contribution in [3.05, 3.63) is 52.2 Å². The summed E-state index contributed by atoms with van der Waals surface area (Å²) in [6.07, 6.45) is -4.07. The van der Waals surface area contributed by atoms with Crippen molar-refractivity contribution in [2.45, 2.75) is 19.1 Å². The zero-order chi connectivity index (χ0) is 19.9. The van der Waals surface area contributed by atoms with Gasteiger partial charge < -0.3 is 14.2 Å². The second-order valence-electron chi connectivity index (χ2n) is 6.19. The van der Waals surface area contributed by atoms with Crippen LogP contribution in [0.15, 0.2) is 34.9 Å². The SMILES string of the molecule is COc1cccc(C(=O)N2CCc3sc(-c4noc(C(F)(F)F)n4)cc3C2)c1. The van der Waals surface area contributed by atoms with E-state index in [9.17, 15) is 18.0 Å². The highest BCUT2D eigenvalue weighted by Gasteiger charge is 2.38. The first-order chi connectivity index (χ1) is 13.3. The molecule has 0 N–H and O–H groups in total. The molecular formula is C18H14F3N3O3S. The fraction of sp³-hybridized carbons (Fsp3) is 0.278. The monoisotopic (exact) mass is 409 g/mol. The maximum atomic E-state index is 12.8. The predicted octanol–water partition coefficient (Wildman–Crippen LogP) is 4.02. The maximum Gasteiger partial charge on any atom is 0.471 e. The first kappa shape index (κ1) is 18.5. The number of rotatable bonds is 3. The molecule has 0 fully saturated rings. The summed E-state index contributed by atoms with van der Waals surface area (Å²) in [5, 5.41) is 3.43. The van der Waals surface area contributed by atoms with Crippen molar-refractivity contribution in [1.82, 2.24) is 15.0 Å². The van der Waals surface area contributed by atoms with E-state index in [1.807, 2.05) is 0 Å². The molecule has 1 aliphatic heterocycles. The minimum atomic E-state index is -4.68. The molecule has 6 nitrogen and oxygen atoms in total. The van der Waals surface area contributed by atoms with Crippen molar-refractivity contribution in [2.75, 3.05) is 13.7 Å². The molecule has 0 radical (unpaired) electrons. The van der Waals surface area contributed by atoms with Crippen LogP contribution < -0.4 is 4.74 Å². The van der Waals surface area contributed by atoms with Crippen LogP contribution >= 0.6 is 11.3 Å². The third kappa shape index (κ3) is 3.47. The highest BCUT2D eigenvalue weighted by molar-refractivity contribution is 7.15. The highest BCUT2D eigenvalue weighted by Crippen LogP contribution is 2.36. The Balaban J connectivity index is 1.54. The molecule has 2 aromatic heterocycles. The zero-order valence-electron chi connectivity index (χ0n) is 14.6. The van der Waals surface area contributed by atoms with Gasteiger partial charge in [-0.3, -0.25) is 4.79 Å². The molecule has 4 rings (SSSR count). The van der Waals surface area contributed by atoms with Crippen LogP contribution in [0.3, 0.4) is 0 Å². The van der Waals surface area contributed by atoms with E-state index in [1.54, 1.807) is 35.2 Å². The molecular weight excluding hydrogens is 395 g/mol. The second-order valence-corrected chi connectivity index (χ2v) is 7.33. The summed E-state index contributed by atoms with van der Waals surface area (Å²) in [5.41, 5.74) is 1.40. The van der Waals surface area contributed by atoms with E-state index in [-0.39, 0.29) is 11.7 Å². The molecule has 10 heteroatoms. The van der Waals surface area contributed by atoms with Gasteiger partial charge >= 0.3 is 12.1 Å². The van der Waals surface area contributed by atoms with Gasteiger partial charge in [-0.15, -0.1) is 11.3 Å². The lowest BCUT2D eigenvalue weighted by Crippen LogP contribution is -2.35. The number of alkyl halides is 3. The molecule has 0 spiro atoms. The number of ether oxygens (including phenoxy) is 1. The van der Waals surface area contributed by atoms with Crippen LogP contribution in [0.2, 0.25) is 0 Å². The van der Waals surface area contributed by atoms with E-state index >= 15 is 0 Å². The molecule has 0 saturated heterocycles. The first-order valence-electron chi connectivity index (χ1n) is 8.31. The maximum absolute atomic E-state index is 12.8. The molecule has 28 heavy (non-hydrogen) atoms. The Bertz CT molecular complexity index is 1030. The third-order valence-corrected chi connectivity index (χ3v) is 5.59. The Hall–Kier alpha value is -2.88. The summed E-state index contributed by atoms with van der Waals surface area (Å²) in [4.78, 5) is 19.4. The number of thiophene rings is 1. The number of hydrogen-bond donors (Lipinski definition) is 0. The zero-order valence-corrected chi connectivity index (χ0v) is 15.4. The molecule has 0 aliphatic carbocycles. The number of nitrogens with zero attached hydrogens (tertiary/aromatic N) is 3. The minimum absolute atomic E-state index is 0.0996. The topological polar surface area (TPSA) is 68.5 Å². The number of halogens is 3. The summed E-state index contributed by atoms with van der Waals surface area (Å²) in [6.45, 7) is 0.884. The van der Waals surface area contributed by atoms with Gasteiger partial charge in [0.05, 0.1) is 12.0 Å². The van der Waals surface area contributed by atoms with Gasteiger partial charge in [0.15, 0.2) is 0 Å². The van der Waals surface area contributed by atoms with Crippen LogP contribution in [0.5, 0.6) is 5.75 Å². The van der Waals surface area contributed by atoms with Crippen molar-refractivity contribution >= 4 is 17.2 Å². The molecule has 0 atom stereocenters. The quantitative estimate of drug-likeness (QED) is 0.654. The number of carbonyl (C=O) groups is 1. The lowest BCUT2D eigenvalue weighted by molar-refractivity contribution is -0.159. The number of benzene rings is 1. The number of methoxy groups -OCH3 is 1. The molecule has 1 amide bonds. The van der Waals surface area contributed by atoms with E-state index in [0.717, 1.165) is 10.4 Å². The number of aromatic nitrogens is 2.